The number of nitrogen functional groups attached to an aromatic ring is 1. The van der Waals surface area contributed by atoms with Crippen molar-refractivity contribution in [3.63, 3.8) is 0 Å². The molecule has 2 aromatic rings. The molecule has 3 heterocycles. The Hall–Kier alpha value is -2.34. The third-order valence-corrected chi connectivity index (χ3v) is 6.03. The maximum absolute atomic E-state index is 13.2. The van der Waals surface area contributed by atoms with Gasteiger partial charge in [0.2, 0.25) is 0 Å². The normalized spacial score (nSPS) is 19.0. The molecule has 1 aromatic carbocycles. The van der Waals surface area contributed by atoms with E-state index in [9.17, 15) is 4.79 Å². The van der Waals surface area contributed by atoms with E-state index < -0.39 is 0 Å². The van der Waals surface area contributed by atoms with Crippen molar-refractivity contribution in [2.24, 2.45) is 0 Å². The number of hydrogen-bond acceptors (Lipinski definition) is 4. The SMILES string of the molecule is Cc1nn(-c2cccc(N)c2)c(C)c1C(=O)N1CCC(N2CCCC2)CC1. The van der Waals surface area contributed by atoms with Crippen LogP contribution in [-0.2, 0) is 0 Å². The lowest BCUT2D eigenvalue weighted by atomic mass is 10.0. The molecule has 0 unspecified atom stereocenters. The molecule has 144 valence electrons. The number of carbonyl (C=O) groups excluding carboxylic acids is 1. The van der Waals surface area contributed by atoms with Crippen molar-refractivity contribution >= 4 is 11.6 Å². The van der Waals surface area contributed by atoms with Crippen molar-refractivity contribution in [3.8, 4) is 5.69 Å². The zero-order valence-electron chi connectivity index (χ0n) is 16.3. The zero-order chi connectivity index (χ0) is 19.0. The van der Waals surface area contributed by atoms with Crippen molar-refractivity contribution < 1.29 is 4.79 Å². The van der Waals surface area contributed by atoms with Crippen molar-refractivity contribution in [2.75, 3.05) is 31.9 Å². The Bertz CT molecular complexity index is 829. The van der Waals surface area contributed by atoms with Crippen LogP contribution >= 0.6 is 0 Å². The molecule has 2 fully saturated rings. The monoisotopic (exact) mass is 367 g/mol. The first-order valence-corrected chi connectivity index (χ1v) is 10.00. The molecule has 0 radical (unpaired) electrons. The van der Waals surface area contributed by atoms with Gasteiger partial charge in [-0.3, -0.25) is 4.79 Å². The van der Waals surface area contributed by atoms with Gasteiger partial charge in [0, 0.05) is 24.8 Å². The molecule has 1 aromatic heterocycles. The third kappa shape index (κ3) is 3.46. The standard InChI is InChI=1S/C21H29N5O/c1-15-20(16(2)26(23-15)19-7-5-6-17(22)14-19)21(27)25-12-8-18(9-13-25)24-10-3-4-11-24/h5-7,14,18H,3-4,8-13,22H2,1-2H3. The second-order valence-electron chi connectivity index (χ2n) is 7.82. The number of nitrogens with two attached hydrogens (primary N) is 1. The molecule has 2 aliphatic heterocycles. The second kappa shape index (κ2) is 7.35. The summed E-state index contributed by atoms with van der Waals surface area (Å²) in [5.74, 6) is 0.111. The Balaban J connectivity index is 1.51. The number of piperidine rings is 1. The largest absolute Gasteiger partial charge is 0.399 e. The smallest absolute Gasteiger partial charge is 0.257 e. The lowest BCUT2D eigenvalue weighted by Gasteiger charge is -2.36. The minimum Gasteiger partial charge on any atom is -0.399 e. The highest BCUT2D eigenvalue weighted by atomic mass is 16.2. The van der Waals surface area contributed by atoms with Gasteiger partial charge < -0.3 is 15.5 Å². The molecule has 6 nitrogen and oxygen atoms in total. The molecular weight excluding hydrogens is 338 g/mol. The summed E-state index contributed by atoms with van der Waals surface area (Å²) in [6, 6.07) is 8.26. The van der Waals surface area contributed by atoms with Gasteiger partial charge in [0.15, 0.2) is 0 Å². The average molecular weight is 367 g/mol. The number of benzene rings is 1. The Morgan fingerprint density at radius 2 is 1.81 bits per heavy atom. The number of anilines is 1. The quantitative estimate of drug-likeness (QED) is 0.847. The summed E-state index contributed by atoms with van der Waals surface area (Å²) in [7, 11) is 0. The van der Waals surface area contributed by atoms with Crippen LogP contribution in [0, 0.1) is 13.8 Å². The van der Waals surface area contributed by atoms with Crippen molar-refractivity contribution in [3.05, 3.63) is 41.2 Å². The molecule has 2 aliphatic rings. The minimum absolute atomic E-state index is 0.111. The Labute approximate surface area is 160 Å². The number of nitrogens with zero attached hydrogens (tertiary/aromatic N) is 4. The van der Waals surface area contributed by atoms with Crippen LogP contribution in [0.4, 0.5) is 5.69 Å². The summed E-state index contributed by atoms with van der Waals surface area (Å²) in [6.45, 7) is 8.01. The van der Waals surface area contributed by atoms with E-state index in [0.29, 0.717) is 11.7 Å². The average Bonchev–Trinajstić information content (AvgIpc) is 3.30. The van der Waals surface area contributed by atoms with Crippen LogP contribution in [0.1, 0.15) is 47.4 Å². The summed E-state index contributed by atoms with van der Waals surface area (Å²) in [6.07, 6.45) is 4.79. The summed E-state index contributed by atoms with van der Waals surface area (Å²) >= 11 is 0. The predicted octanol–water partition coefficient (Wildman–Crippen LogP) is 2.77. The number of aromatic nitrogens is 2. The number of likely N-dealkylation sites (tertiary alicyclic amines) is 2. The van der Waals surface area contributed by atoms with Gasteiger partial charge in [-0.25, -0.2) is 4.68 Å². The highest BCUT2D eigenvalue weighted by Crippen LogP contribution is 2.25. The number of hydrogen-bond donors (Lipinski definition) is 1. The van der Waals surface area contributed by atoms with Crippen LogP contribution in [0.25, 0.3) is 5.69 Å². The topological polar surface area (TPSA) is 67.4 Å². The van der Waals surface area contributed by atoms with Crippen LogP contribution in [0.2, 0.25) is 0 Å². The van der Waals surface area contributed by atoms with E-state index in [1.54, 1.807) is 0 Å². The Morgan fingerprint density at radius 1 is 1.11 bits per heavy atom. The molecule has 6 heteroatoms. The van der Waals surface area contributed by atoms with Crippen LogP contribution in [0.3, 0.4) is 0 Å². The Morgan fingerprint density at radius 3 is 2.48 bits per heavy atom. The van der Waals surface area contributed by atoms with Crippen molar-refractivity contribution in [1.82, 2.24) is 19.6 Å². The van der Waals surface area contributed by atoms with Gasteiger partial charge in [0.25, 0.3) is 5.91 Å². The first kappa shape index (κ1) is 18.0. The lowest BCUT2D eigenvalue weighted by Crippen LogP contribution is -2.46. The van der Waals surface area contributed by atoms with E-state index in [1.807, 2.05) is 47.7 Å². The molecule has 0 aliphatic carbocycles. The zero-order valence-corrected chi connectivity index (χ0v) is 16.3. The van der Waals surface area contributed by atoms with Gasteiger partial charge in [-0.05, 0) is 70.8 Å². The van der Waals surface area contributed by atoms with E-state index in [2.05, 4.69) is 10.00 Å². The van der Waals surface area contributed by atoms with Crippen molar-refractivity contribution in [2.45, 2.75) is 45.6 Å². The molecule has 0 spiro atoms. The highest BCUT2D eigenvalue weighted by molar-refractivity contribution is 5.96. The van der Waals surface area contributed by atoms with Crippen LogP contribution in [-0.4, -0.2) is 57.7 Å². The van der Waals surface area contributed by atoms with Gasteiger partial charge in [-0.1, -0.05) is 6.07 Å². The molecule has 0 bridgehead atoms. The highest BCUT2D eigenvalue weighted by Gasteiger charge is 2.30. The molecule has 0 saturated carbocycles. The van der Waals surface area contributed by atoms with Crippen molar-refractivity contribution in [1.29, 1.82) is 0 Å². The van der Waals surface area contributed by atoms with E-state index in [4.69, 9.17) is 5.73 Å². The third-order valence-electron chi connectivity index (χ3n) is 6.03. The lowest BCUT2D eigenvalue weighted by molar-refractivity contribution is 0.0643. The molecular formula is C21H29N5O. The fourth-order valence-corrected chi connectivity index (χ4v) is 4.56. The number of rotatable bonds is 3. The number of carbonyl (C=O) groups is 1. The first-order valence-electron chi connectivity index (χ1n) is 10.00. The first-order chi connectivity index (χ1) is 13.0. The molecule has 27 heavy (non-hydrogen) atoms. The minimum atomic E-state index is 0.111. The van der Waals surface area contributed by atoms with Gasteiger partial charge in [-0.2, -0.15) is 5.10 Å². The van der Waals surface area contributed by atoms with Gasteiger partial charge in [0.05, 0.1) is 22.6 Å². The Kier molecular flexibility index (Phi) is 4.91. The van der Waals surface area contributed by atoms with Crippen LogP contribution in [0.15, 0.2) is 24.3 Å². The number of amides is 1. The predicted molar refractivity (Wildman–Crippen MR) is 107 cm³/mol. The summed E-state index contributed by atoms with van der Waals surface area (Å²) < 4.78 is 1.83. The van der Waals surface area contributed by atoms with E-state index >= 15 is 0 Å². The van der Waals surface area contributed by atoms with E-state index in [1.165, 1.54) is 25.9 Å². The fraction of sp³-hybridized carbons (Fsp3) is 0.524. The molecule has 1 amide bonds. The fourth-order valence-electron chi connectivity index (χ4n) is 4.56. The summed E-state index contributed by atoms with van der Waals surface area (Å²) in [5.41, 5.74) is 9.89. The summed E-state index contributed by atoms with van der Waals surface area (Å²) in [4.78, 5) is 17.8. The second-order valence-corrected chi connectivity index (χ2v) is 7.82. The van der Waals surface area contributed by atoms with E-state index in [0.717, 1.165) is 48.6 Å². The number of aryl methyl sites for hydroxylation is 1. The maximum atomic E-state index is 13.2. The van der Waals surface area contributed by atoms with Crippen LogP contribution in [0.5, 0.6) is 0 Å². The van der Waals surface area contributed by atoms with Gasteiger partial charge >= 0.3 is 0 Å². The molecule has 4 rings (SSSR count). The molecule has 0 atom stereocenters. The van der Waals surface area contributed by atoms with E-state index in [-0.39, 0.29) is 5.91 Å². The maximum Gasteiger partial charge on any atom is 0.257 e. The summed E-state index contributed by atoms with van der Waals surface area (Å²) in [5, 5.41) is 4.62. The van der Waals surface area contributed by atoms with Gasteiger partial charge in [-0.15, -0.1) is 0 Å². The van der Waals surface area contributed by atoms with Gasteiger partial charge in [0.1, 0.15) is 0 Å². The molecule has 2 saturated heterocycles. The van der Waals surface area contributed by atoms with Crippen LogP contribution < -0.4 is 5.73 Å². The molecule has 2 N–H and O–H groups in total.